The molecule has 2 rings (SSSR count). The lowest BCUT2D eigenvalue weighted by Gasteiger charge is -2.23. The second kappa shape index (κ2) is 5.74. The summed E-state index contributed by atoms with van der Waals surface area (Å²) in [7, 11) is 1.63. The van der Waals surface area contributed by atoms with Gasteiger partial charge in [0, 0.05) is 18.7 Å². The highest BCUT2D eigenvalue weighted by atomic mass is 16.5. The Bertz CT molecular complexity index is 431. The number of benzene rings is 1. The lowest BCUT2D eigenvalue weighted by atomic mass is 10.0. The molecule has 1 heterocycles. The smallest absolute Gasteiger partial charge is 0.179 e. The highest BCUT2D eigenvalue weighted by Gasteiger charge is 2.32. The molecule has 1 aromatic carbocycles. The summed E-state index contributed by atoms with van der Waals surface area (Å²) in [5, 5.41) is 0. The van der Waals surface area contributed by atoms with Crippen LogP contribution in [0.4, 0.5) is 0 Å². The Morgan fingerprint density at radius 1 is 1.21 bits per heavy atom. The lowest BCUT2D eigenvalue weighted by Crippen LogP contribution is -2.37. The van der Waals surface area contributed by atoms with Gasteiger partial charge in [0.15, 0.2) is 5.78 Å². The minimum Gasteiger partial charge on any atom is -0.497 e. The van der Waals surface area contributed by atoms with E-state index in [1.54, 1.807) is 7.11 Å². The third kappa shape index (κ3) is 2.98. The second-order valence-electron chi connectivity index (χ2n) is 5.68. The minimum absolute atomic E-state index is 0.0409. The van der Waals surface area contributed by atoms with Crippen molar-refractivity contribution in [2.24, 2.45) is 11.8 Å². The van der Waals surface area contributed by atoms with Crippen LogP contribution in [0.2, 0.25) is 0 Å². The first-order valence-electron chi connectivity index (χ1n) is 6.95. The molecular weight excluding hydrogens is 238 g/mol. The van der Waals surface area contributed by atoms with Crippen molar-refractivity contribution in [3.05, 3.63) is 29.8 Å². The number of rotatable bonds is 4. The normalized spacial score (nSPS) is 25.3. The molecule has 1 fully saturated rings. The fourth-order valence-electron chi connectivity index (χ4n) is 2.65. The number of carbonyl (C=O) groups excluding carboxylic acids is 1. The van der Waals surface area contributed by atoms with Crippen LogP contribution in [0.5, 0.6) is 5.75 Å². The zero-order valence-electron chi connectivity index (χ0n) is 12.2. The maximum atomic E-state index is 12.5. The van der Waals surface area contributed by atoms with E-state index in [0.29, 0.717) is 11.8 Å². The molecule has 3 heteroatoms. The largest absolute Gasteiger partial charge is 0.497 e. The van der Waals surface area contributed by atoms with Gasteiger partial charge in [-0.2, -0.15) is 0 Å². The van der Waals surface area contributed by atoms with Gasteiger partial charge in [0.1, 0.15) is 5.75 Å². The maximum absolute atomic E-state index is 12.5. The predicted octanol–water partition coefficient (Wildman–Crippen LogP) is 2.85. The summed E-state index contributed by atoms with van der Waals surface area (Å²) >= 11 is 0. The summed E-state index contributed by atoms with van der Waals surface area (Å²) in [6.07, 6.45) is 0. The molecule has 0 bridgehead atoms. The molecule has 3 nitrogen and oxygen atoms in total. The van der Waals surface area contributed by atoms with E-state index >= 15 is 0 Å². The third-order valence-electron chi connectivity index (χ3n) is 4.32. The fraction of sp³-hybridized carbons (Fsp3) is 0.562. The second-order valence-corrected chi connectivity index (χ2v) is 5.68. The third-order valence-corrected chi connectivity index (χ3v) is 4.32. The van der Waals surface area contributed by atoms with E-state index in [1.807, 2.05) is 31.2 Å². The number of ketones is 1. The quantitative estimate of drug-likeness (QED) is 0.781. The summed E-state index contributed by atoms with van der Waals surface area (Å²) < 4.78 is 5.12. The van der Waals surface area contributed by atoms with Crippen molar-refractivity contribution in [3.63, 3.8) is 0 Å². The molecule has 0 saturated carbocycles. The molecule has 0 amide bonds. The zero-order chi connectivity index (χ0) is 14.0. The number of carbonyl (C=O) groups is 1. The van der Waals surface area contributed by atoms with Gasteiger partial charge in [-0.25, -0.2) is 0 Å². The van der Waals surface area contributed by atoms with Gasteiger partial charge < -0.3 is 4.74 Å². The van der Waals surface area contributed by atoms with E-state index in [1.165, 1.54) is 0 Å². The Kier molecular flexibility index (Phi) is 4.25. The summed E-state index contributed by atoms with van der Waals surface area (Å²) in [4.78, 5) is 14.8. The molecule has 1 aromatic rings. The van der Waals surface area contributed by atoms with Crippen LogP contribution in [0.1, 0.15) is 31.1 Å². The van der Waals surface area contributed by atoms with Crippen LogP contribution in [0, 0.1) is 11.8 Å². The summed E-state index contributed by atoms with van der Waals surface area (Å²) in [6, 6.07) is 7.34. The van der Waals surface area contributed by atoms with E-state index < -0.39 is 0 Å². The van der Waals surface area contributed by atoms with Crippen molar-refractivity contribution >= 4 is 5.78 Å². The number of Topliss-reactive ketones (excluding diaryl/α,β-unsaturated/α-hetero) is 1. The molecule has 19 heavy (non-hydrogen) atoms. The van der Waals surface area contributed by atoms with Crippen molar-refractivity contribution < 1.29 is 9.53 Å². The Morgan fingerprint density at radius 3 is 2.21 bits per heavy atom. The molecule has 0 radical (unpaired) electrons. The van der Waals surface area contributed by atoms with E-state index in [2.05, 4.69) is 18.7 Å². The molecule has 1 saturated heterocycles. The van der Waals surface area contributed by atoms with Crippen LogP contribution < -0.4 is 4.74 Å². The monoisotopic (exact) mass is 261 g/mol. The van der Waals surface area contributed by atoms with Crippen molar-refractivity contribution in [1.29, 1.82) is 0 Å². The van der Waals surface area contributed by atoms with Gasteiger partial charge in [0.05, 0.1) is 13.2 Å². The highest BCUT2D eigenvalue weighted by molar-refractivity contribution is 5.99. The van der Waals surface area contributed by atoms with Gasteiger partial charge in [-0.05, 0) is 43.0 Å². The topological polar surface area (TPSA) is 29.5 Å². The first-order chi connectivity index (χ1) is 9.02. The van der Waals surface area contributed by atoms with E-state index in [4.69, 9.17) is 4.74 Å². The molecule has 1 aliphatic rings. The average molecular weight is 261 g/mol. The molecule has 3 atom stereocenters. The average Bonchev–Trinajstić information content (AvgIpc) is 2.77. The van der Waals surface area contributed by atoms with Gasteiger partial charge in [-0.1, -0.05) is 13.8 Å². The molecule has 3 unspecified atom stereocenters. The number of ether oxygens (including phenoxy) is 1. The Balaban J connectivity index is 2.06. The molecule has 1 aliphatic heterocycles. The van der Waals surface area contributed by atoms with Crippen molar-refractivity contribution in [1.82, 2.24) is 4.90 Å². The Morgan fingerprint density at radius 2 is 1.74 bits per heavy atom. The molecular formula is C16H23NO2. The minimum atomic E-state index is -0.0409. The fourth-order valence-corrected chi connectivity index (χ4v) is 2.65. The van der Waals surface area contributed by atoms with Crippen molar-refractivity contribution in [2.45, 2.75) is 26.8 Å². The number of methoxy groups -OCH3 is 1. The lowest BCUT2D eigenvalue weighted by molar-refractivity contribution is 0.0861. The number of hydrogen-bond acceptors (Lipinski definition) is 3. The molecule has 0 aliphatic carbocycles. The van der Waals surface area contributed by atoms with Crippen LogP contribution in [0.15, 0.2) is 24.3 Å². The first kappa shape index (κ1) is 14.1. The standard InChI is InChI=1S/C16H23NO2/c1-11-9-17(10-12(11)2)13(3)16(18)14-5-7-15(19-4)8-6-14/h5-8,11-13H,9-10H2,1-4H3. The van der Waals surface area contributed by atoms with Gasteiger partial charge in [-0.3, -0.25) is 9.69 Å². The Labute approximate surface area is 115 Å². The van der Waals surface area contributed by atoms with Crippen LogP contribution in [-0.2, 0) is 0 Å². The molecule has 0 aromatic heterocycles. The summed E-state index contributed by atoms with van der Waals surface area (Å²) in [5.74, 6) is 2.33. The van der Waals surface area contributed by atoms with Gasteiger partial charge in [0.2, 0.25) is 0 Å². The zero-order valence-corrected chi connectivity index (χ0v) is 12.2. The van der Waals surface area contributed by atoms with Crippen LogP contribution in [0.3, 0.4) is 0 Å². The first-order valence-corrected chi connectivity index (χ1v) is 6.95. The SMILES string of the molecule is COc1ccc(C(=O)C(C)N2CC(C)C(C)C2)cc1. The van der Waals surface area contributed by atoms with Crippen molar-refractivity contribution in [2.75, 3.05) is 20.2 Å². The van der Waals surface area contributed by atoms with E-state index in [-0.39, 0.29) is 11.8 Å². The number of hydrogen-bond donors (Lipinski definition) is 0. The van der Waals surface area contributed by atoms with E-state index in [9.17, 15) is 4.79 Å². The number of nitrogens with zero attached hydrogens (tertiary/aromatic N) is 1. The van der Waals surface area contributed by atoms with Crippen LogP contribution >= 0.6 is 0 Å². The van der Waals surface area contributed by atoms with Crippen LogP contribution in [-0.4, -0.2) is 36.9 Å². The molecule has 0 N–H and O–H groups in total. The summed E-state index contributed by atoms with van der Waals surface area (Å²) in [5.41, 5.74) is 0.764. The highest BCUT2D eigenvalue weighted by Crippen LogP contribution is 2.25. The number of likely N-dealkylation sites (tertiary alicyclic amines) is 1. The molecule has 104 valence electrons. The van der Waals surface area contributed by atoms with Crippen molar-refractivity contribution in [3.8, 4) is 5.75 Å². The summed E-state index contributed by atoms with van der Waals surface area (Å²) in [6.45, 7) is 8.57. The van der Waals surface area contributed by atoms with E-state index in [0.717, 1.165) is 24.4 Å². The van der Waals surface area contributed by atoms with Gasteiger partial charge in [0.25, 0.3) is 0 Å². The maximum Gasteiger partial charge on any atom is 0.179 e. The van der Waals surface area contributed by atoms with Crippen LogP contribution in [0.25, 0.3) is 0 Å². The van der Waals surface area contributed by atoms with Gasteiger partial charge in [-0.15, -0.1) is 0 Å². The molecule has 0 spiro atoms. The predicted molar refractivity (Wildman–Crippen MR) is 76.7 cm³/mol. The van der Waals surface area contributed by atoms with Gasteiger partial charge >= 0.3 is 0 Å². The Hall–Kier alpha value is -1.35.